The molecular weight excluding hydrogens is 636 g/mol. The van der Waals surface area contributed by atoms with Crippen LogP contribution in [0.15, 0.2) is 23.8 Å². The minimum atomic E-state index is -1.11. The molecule has 2 heterocycles. The number of ether oxygens (including phenoxy) is 6. The molecule has 278 valence electrons. The third-order valence-electron chi connectivity index (χ3n) is 13.3. The summed E-state index contributed by atoms with van der Waals surface area (Å²) in [6, 6.07) is 0. The van der Waals surface area contributed by atoms with Crippen molar-refractivity contribution >= 4 is 17.7 Å². The van der Waals surface area contributed by atoms with Crippen molar-refractivity contribution in [3.63, 3.8) is 0 Å². The monoisotopic (exact) mass is 696 g/mol. The lowest BCUT2D eigenvalue weighted by atomic mass is 9.53. The van der Waals surface area contributed by atoms with Crippen LogP contribution in [0.3, 0.4) is 0 Å². The van der Waals surface area contributed by atoms with E-state index in [4.69, 9.17) is 28.4 Å². The van der Waals surface area contributed by atoms with Gasteiger partial charge in [0, 0.05) is 49.6 Å². The SMILES string of the molecule is C=CC1(C)CC(=O)OC2(C#CC)C(OCC)C(C)CCC12OCC.CCOC1C(C)CCC2(OCC)C3(C)CC(=O)OC12C1=C(C)C(=O)CC13. The van der Waals surface area contributed by atoms with Gasteiger partial charge in [-0.05, 0) is 96.1 Å². The smallest absolute Gasteiger partial charge is 0.308 e. The Bertz CT molecular complexity index is 1470. The number of allylic oxidation sites excluding steroid dienone is 1. The fourth-order valence-electron chi connectivity index (χ4n) is 11.3. The van der Waals surface area contributed by atoms with Gasteiger partial charge in [0.1, 0.15) is 23.4 Å². The molecule has 0 aromatic carbocycles. The second-order valence-electron chi connectivity index (χ2n) is 15.7. The van der Waals surface area contributed by atoms with Crippen LogP contribution in [-0.2, 0) is 42.8 Å². The molecule has 0 radical (unpaired) electrons. The number of hydrogen-bond acceptors (Lipinski definition) is 9. The normalized spacial score (nSPS) is 44.4. The lowest BCUT2D eigenvalue weighted by Crippen LogP contribution is -2.76. The van der Waals surface area contributed by atoms with E-state index in [1.807, 2.05) is 47.6 Å². The number of carbonyl (C=O) groups excluding carboxylic acids is 3. The van der Waals surface area contributed by atoms with E-state index in [1.54, 1.807) is 6.92 Å². The summed E-state index contributed by atoms with van der Waals surface area (Å²) in [7, 11) is 0. The molecule has 50 heavy (non-hydrogen) atoms. The van der Waals surface area contributed by atoms with Gasteiger partial charge in [0.05, 0.1) is 12.8 Å². The summed E-state index contributed by atoms with van der Waals surface area (Å²) in [5.41, 5.74) is -2.68. The second-order valence-corrected chi connectivity index (χ2v) is 15.7. The predicted molar refractivity (Wildman–Crippen MR) is 189 cm³/mol. The first-order chi connectivity index (χ1) is 23.6. The summed E-state index contributed by atoms with van der Waals surface area (Å²) < 4.78 is 37.5. The van der Waals surface area contributed by atoms with Crippen molar-refractivity contribution in [3.05, 3.63) is 23.8 Å². The maximum Gasteiger partial charge on any atom is 0.308 e. The van der Waals surface area contributed by atoms with Crippen molar-refractivity contribution in [3.8, 4) is 11.8 Å². The highest BCUT2D eigenvalue weighted by atomic mass is 16.6. The molecule has 0 spiro atoms. The molecule has 9 heteroatoms. The lowest BCUT2D eigenvalue weighted by molar-refractivity contribution is -0.296. The van der Waals surface area contributed by atoms with Crippen LogP contribution >= 0.6 is 0 Å². The third kappa shape index (κ3) is 4.98. The summed E-state index contributed by atoms with van der Waals surface area (Å²) in [6.45, 7) is 26.1. The Kier molecular flexibility index (Phi) is 10.7. The minimum Gasteiger partial charge on any atom is -0.448 e. The predicted octanol–water partition coefficient (Wildman–Crippen LogP) is 6.71. The van der Waals surface area contributed by atoms with E-state index < -0.39 is 33.2 Å². The number of rotatable bonds is 9. The minimum absolute atomic E-state index is 0.00116. The van der Waals surface area contributed by atoms with E-state index in [2.05, 4.69) is 39.2 Å². The van der Waals surface area contributed by atoms with Gasteiger partial charge in [-0.1, -0.05) is 33.8 Å². The lowest BCUT2D eigenvalue weighted by Gasteiger charge is -2.62. The van der Waals surface area contributed by atoms with Crippen LogP contribution in [0, 0.1) is 40.4 Å². The molecule has 11 atom stereocenters. The molecule has 0 aromatic rings. The number of carbonyl (C=O) groups is 3. The maximum atomic E-state index is 12.8. The number of fused-ring (bicyclic) bond motifs is 3. The molecule has 2 saturated heterocycles. The quantitative estimate of drug-likeness (QED) is 0.148. The van der Waals surface area contributed by atoms with Crippen molar-refractivity contribution in [2.45, 2.75) is 149 Å². The summed E-state index contributed by atoms with van der Waals surface area (Å²) in [6.07, 6.45) is 5.73. The van der Waals surface area contributed by atoms with Gasteiger partial charge in [-0.15, -0.1) is 12.5 Å². The average Bonchev–Trinajstić information content (AvgIpc) is 3.41. The largest absolute Gasteiger partial charge is 0.448 e. The average molecular weight is 697 g/mol. The summed E-state index contributed by atoms with van der Waals surface area (Å²) in [4.78, 5) is 37.9. The number of esters is 2. The summed E-state index contributed by atoms with van der Waals surface area (Å²) in [5, 5.41) is 0. The molecule has 6 rings (SSSR count). The fraction of sp³-hybridized carbons (Fsp3) is 0.780. The van der Waals surface area contributed by atoms with Crippen LogP contribution in [0.25, 0.3) is 0 Å². The summed E-state index contributed by atoms with van der Waals surface area (Å²) in [5.74, 6) is 6.37. The van der Waals surface area contributed by atoms with Crippen LogP contribution in [0.5, 0.6) is 0 Å². The highest BCUT2D eigenvalue weighted by Gasteiger charge is 2.83. The van der Waals surface area contributed by atoms with E-state index in [1.165, 1.54) is 0 Å². The molecule has 5 fully saturated rings. The van der Waals surface area contributed by atoms with Crippen LogP contribution in [-0.4, -0.2) is 78.8 Å². The van der Waals surface area contributed by atoms with Crippen molar-refractivity contribution in [2.75, 3.05) is 26.4 Å². The molecule has 3 saturated carbocycles. The molecule has 9 nitrogen and oxygen atoms in total. The summed E-state index contributed by atoms with van der Waals surface area (Å²) >= 11 is 0. The molecule has 11 unspecified atom stereocenters. The van der Waals surface area contributed by atoms with Gasteiger partial charge >= 0.3 is 11.9 Å². The van der Waals surface area contributed by atoms with E-state index >= 15 is 0 Å². The Labute approximate surface area is 299 Å². The van der Waals surface area contributed by atoms with Gasteiger partial charge in [0.2, 0.25) is 5.60 Å². The second kappa shape index (κ2) is 13.8. The molecule has 0 N–H and O–H groups in total. The van der Waals surface area contributed by atoms with Gasteiger partial charge in [-0.25, -0.2) is 0 Å². The molecular formula is C41H60O9. The number of Topliss-reactive ketones (excluding diaryl/α,β-unsaturated/α-hetero) is 1. The third-order valence-corrected chi connectivity index (χ3v) is 13.3. The van der Waals surface area contributed by atoms with Crippen LogP contribution in [0.4, 0.5) is 0 Å². The molecule has 0 amide bonds. The zero-order valence-corrected chi connectivity index (χ0v) is 32.1. The van der Waals surface area contributed by atoms with Crippen molar-refractivity contribution in [2.24, 2.45) is 28.6 Å². The number of hydrogen-bond donors (Lipinski definition) is 0. The zero-order valence-electron chi connectivity index (χ0n) is 32.1. The molecule has 2 aliphatic heterocycles. The molecule has 0 aromatic heterocycles. The molecule has 2 bridgehead atoms. The number of ketones is 1. The van der Waals surface area contributed by atoms with Crippen LogP contribution in [0.2, 0.25) is 0 Å². The highest BCUT2D eigenvalue weighted by Crippen LogP contribution is 2.73. The van der Waals surface area contributed by atoms with E-state index in [9.17, 15) is 14.4 Å². The van der Waals surface area contributed by atoms with Crippen molar-refractivity contribution in [1.29, 1.82) is 0 Å². The van der Waals surface area contributed by atoms with Gasteiger partial charge in [0.25, 0.3) is 0 Å². The first-order valence-electron chi connectivity index (χ1n) is 18.9. The Morgan fingerprint density at radius 1 is 0.840 bits per heavy atom. The van der Waals surface area contributed by atoms with Gasteiger partial charge in [-0.3, -0.25) is 14.4 Å². The van der Waals surface area contributed by atoms with Crippen molar-refractivity contribution in [1.82, 2.24) is 0 Å². The Hall–Kier alpha value is -2.51. The van der Waals surface area contributed by atoms with Gasteiger partial charge < -0.3 is 28.4 Å². The topological polar surface area (TPSA) is 107 Å². The van der Waals surface area contributed by atoms with Crippen LogP contribution in [0.1, 0.15) is 114 Å². The Balaban J connectivity index is 0.000000195. The highest BCUT2D eigenvalue weighted by molar-refractivity contribution is 6.00. The van der Waals surface area contributed by atoms with E-state index in [-0.39, 0.29) is 54.1 Å². The first-order valence-corrected chi connectivity index (χ1v) is 18.9. The Morgan fingerprint density at radius 3 is 1.98 bits per heavy atom. The Morgan fingerprint density at radius 2 is 1.40 bits per heavy atom. The zero-order chi connectivity index (χ0) is 36.9. The van der Waals surface area contributed by atoms with Crippen LogP contribution < -0.4 is 0 Å². The van der Waals surface area contributed by atoms with E-state index in [0.29, 0.717) is 39.3 Å². The molecule has 4 aliphatic carbocycles. The van der Waals surface area contributed by atoms with Gasteiger partial charge in [-0.2, -0.15) is 0 Å². The van der Waals surface area contributed by atoms with Crippen molar-refractivity contribution < 1.29 is 42.8 Å². The molecule has 6 aliphatic rings. The first kappa shape index (κ1) is 38.7. The van der Waals surface area contributed by atoms with E-state index in [0.717, 1.165) is 36.8 Å². The van der Waals surface area contributed by atoms with Gasteiger partial charge in [0.15, 0.2) is 11.4 Å². The standard InChI is InChI=1S/C21H30O5.C20H30O4/c1-6-24-18-12(3)8-9-20(25-7-2)19(5)11-16(23)26-21(18,20)17-13(4)15(22)10-14(17)19;1-7-12-19-17(22-9-3)15(5)11-13-20(19,23-10-4)18(6,8-2)14-16(21)24-19/h12,14,18H,6-11H2,1-5H3;8,15,17H,2,9-11,13-14H2,1,3-6H3. The maximum absolute atomic E-state index is 12.8. The fourth-order valence-corrected chi connectivity index (χ4v) is 11.3.